The minimum Gasteiger partial charge on any atom is -0.394 e. The fourth-order valence-corrected chi connectivity index (χ4v) is 1.70. The highest BCUT2D eigenvalue weighted by molar-refractivity contribution is 6.43. The van der Waals surface area contributed by atoms with Crippen LogP contribution in [0.3, 0.4) is 0 Å². The molecule has 0 spiro atoms. The molecule has 14 heavy (non-hydrogen) atoms. The standard InChI is InChI=1S/C8H8Cl3NO.ClH/c9-4-1-5(7(12)3-13)8(11)6(10)2-4;/h1-2,7,13H,3,12H2;1H/t7-;/m0./s1. The molecular weight excluding hydrogens is 268 g/mol. The second-order valence-electron chi connectivity index (χ2n) is 2.58. The summed E-state index contributed by atoms with van der Waals surface area (Å²) in [4.78, 5) is 0. The maximum absolute atomic E-state index is 8.82. The van der Waals surface area contributed by atoms with E-state index in [2.05, 4.69) is 0 Å². The van der Waals surface area contributed by atoms with Gasteiger partial charge in [0.05, 0.1) is 22.7 Å². The Morgan fingerprint density at radius 1 is 1.29 bits per heavy atom. The van der Waals surface area contributed by atoms with Crippen LogP contribution in [0.4, 0.5) is 0 Å². The van der Waals surface area contributed by atoms with Crippen molar-refractivity contribution < 1.29 is 5.11 Å². The smallest absolute Gasteiger partial charge is 0.0641 e. The summed E-state index contributed by atoms with van der Waals surface area (Å²) in [5, 5.41) is 9.96. The van der Waals surface area contributed by atoms with E-state index in [9.17, 15) is 0 Å². The van der Waals surface area contributed by atoms with E-state index >= 15 is 0 Å². The van der Waals surface area contributed by atoms with Gasteiger partial charge in [-0.05, 0) is 17.7 Å². The van der Waals surface area contributed by atoms with Gasteiger partial charge in [-0.1, -0.05) is 34.8 Å². The number of halogens is 4. The van der Waals surface area contributed by atoms with E-state index in [-0.39, 0.29) is 19.0 Å². The van der Waals surface area contributed by atoms with Gasteiger partial charge >= 0.3 is 0 Å². The third-order valence-electron chi connectivity index (χ3n) is 1.62. The monoisotopic (exact) mass is 275 g/mol. The Morgan fingerprint density at radius 2 is 1.86 bits per heavy atom. The van der Waals surface area contributed by atoms with E-state index in [1.54, 1.807) is 6.07 Å². The number of rotatable bonds is 2. The van der Waals surface area contributed by atoms with Crippen molar-refractivity contribution in [3.8, 4) is 0 Å². The largest absolute Gasteiger partial charge is 0.394 e. The van der Waals surface area contributed by atoms with Crippen LogP contribution in [0, 0.1) is 0 Å². The molecule has 2 nitrogen and oxygen atoms in total. The molecule has 1 rings (SSSR count). The lowest BCUT2D eigenvalue weighted by Gasteiger charge is -2.11. The average Bonchev–Trinajstić information content (AvgIpc) is 2.10. The summed E-state index contributed by atoms with van der Waals surface area (Å²) >= 11 is 17.4. The molecule has 3 N–H and O–H groups in total. The fraction of sp³-hybridized carbons (Fsp3) is 0.250. The SMILES string of the molecule is Cl.N[C@@H](CO)c1cc(Cl)cc(Cl)c1Cl. The van der Waals surface area contributed by atoms with Gasteiger partial charge in [-0.3, -0.25) is 0 Å². The molecule has 0 aliphatic rings. The van der Waals surface area contributed by atoms with E-state index in [1.807, 2.05) is 0 Å². The van der Waals surface area contributed by atoms with E-state index < -0.39 is 6.04 Å². The molecule has 0 aromatic heterocycles. The van der Waals surface area contributed by atoms with Crippen LogP contribution in [0.2, 0.25) is 15.1 Å². The molecule has 0 aliphatic heterocycles. The Kier molecular flexibility index (Phi) is 6.14. The van der Waals surface area contributed by atoms with Crippen molar-refractivity contribution in [2.24, 2.45) is 5.73 Å². The zero-order valence-electron chi connectivity index (χ0n) is 7.01. The maximum atomic E-state index is 8.82. The first kappa shape index (κ1) is 14.3. The van der Waals surface area contributed by atoms with Crippen LogP contribution in [0.1, 0.15) is 11.6 Å². The average molecular weight is 277 g/mol. The zero-order valence-corrected chi connectivity index (χ0v) is 10.1. The van der Waals surface area contributed by atoms with Crippen molar-refractivity contribution >= 4 is 47.2 Å². The molecule has 0 amide bonds. The van der Waals surface area contributed by atoms with Crippen molar-refractivity contribution in [1.29, 1.82) is 0 Å². The highest BCUT2D eigenvalue weighted by Gasteiger charge is 2.12. The van der Waals surface area contributed by atoms with E-state index in [0.29, 0.717) is 20.6 Å². The first-order valence-electron chi connectivity index (χ1n) is 3.57. The number of aliphatic hydroxyl groups excluding tert-OH is 1. The van der Waals surface area contributed by atoms with Crippen LogP contribution in [0.5, 0.6) is 0 Å². The first-order chi connectivity index (χ1) is 6.06. The van der Waals surface area contributed by atoms with Gasteiger partial charge in [0, 0.05) is 5.02 Å². The Labute approximate surface area is 103 Å². The Morgan fingerprint density at radius 3 is 2.36 bits per heavy atom. The molecule has 0 saturated carbocycles. The lowest BCUT2D eigenvalue weighted by atomic mass is 10.1. The molecule has 80 valence electrons. The lowest BCUT2D eigenvalue weighted by Crippen LogP contribution is -2.15. The molecule has 0 radical (unpaired) electrons. The second kappa shape index (κ2) is 6.01. The molecule has 0 aliphatic carbocycles. The molecule has 0 fully saturated rings. The summed E-state index contributed by atoms with van der Waals surface area (Å²) in [5.74, 6) is 0. The second-order valence-corrected chi connectivity index (χ2v) is 3.80. The van der Waals surface area contributed by atoms with Gasteiger partial charge in [0.2, 0.25) is 0 Å². The summed E-state index contributed by atoms with van der Waals surface area (Å²) < 4.78 is 0. The quantitative estimate of drug-likeness (QED) is 0.816. The predicted octanol–water partition coefficient (Wildman–Crippen LogP) is 3.06. The van der Waals surface area contributed by atoms with Crippen molar-refractivity contribution in [2.45, 2.75) is 6.04 Å². The van der Waals surface area contributed by atoms with Gasteiger partial charge in [-0.15, -0.1) is 12.4 Å². The van der Waals surface area contributed by atoms with Crippen molar-refractivity contribution in [1.82, 2.24) is 0 Å². The van der Waals surface area contributed by atoms with Gasteiger partial charge in [-0.2, -0.15) is 0 Å². The fourth-order valence-electron chi connectivity index (χ4n) is 0.944. The molecule has 0 heterocycles. The molecule has 1 aromatic carbocycles. The third kappa shape index (κ3) is 3.16. The number of aliphatic hydroxyl groups is 1. The van der Waals surface area contributed by atoms with Gasteiger partial charge in [0.1, 0.15) is 0 Å². The van der Waals surface area contributed by atoms with Crippen LogP contribution < -0.4 is 5.73 Å². The third-order valence-corrected chi connectivity index (χ3v) is 2.65. The maximum Gasteiger partial charge on any atom is 0.0641 e. The number of hydrogen-bond donors (Lipinski definition) is 2. The highest BCUT2D eigenvalue weighted by Crippen LogP contribution is 2.32. The molecular formula is C8H9Cl4NO. The zero-order chi connectivity index (χ0) is 10.0. The lowest BCUT2D eigenvalue weighted by molar-refractivity contribution is 0.268. The van der Waals surface area contributed by atoms with Crippen molar-refractivity contribution in [3.05, 3.63) is 32.8 Å². The highest BCUT2D eigenvalue weighted by atomic mass is 35.5. The van der Waals surface area contributed by atoms with E-state index in [4.69, 9.17) is 45.6 Å². The molecule has 0 unspecified atom stereocenters. The van der Waals surface area contributed by atoms with Gasteiger partial charge in [-0.25, -0.2) is 0 Å². The Bertz CT molecular complexity index is 318. The molecule has 0 saturated heterocycles. The number of benzene rings is 1. The Balaban J connectivity index is 0.00000169. The van der Waals surface area contributed by atoms with Crippen LogP contribution in [-0.2, 0) is 0 Å². The molecule has 6 heteroatoms. The van der Waals surface area contributed by atoms with Gasteiger partial charge in [0.15, 0.2) is 0 Å². The number of hydrogen-bond acceptors (Lipinski definition) is 2. The van der Waals surface area contributed by atoms with Crippen molar-refractivity contribution in [2.75, 3.05) is 6.61 Å². The van der Waals surface area contributed by atoms with Crippen LogP contribution >= 0.6 is 47.2 Å². The van der Waals surface area contributed by atoms with E-state index in [0.717, 1.165) is 0 Å². The van der Waals surface area contributed by atoms with Crippen LogP contribution in [0.15, 0.2) is 12.1 Å². The number of nitrogens with two attached hydrogens (primary N) is 1. The van der Waals surface area contributed by atoms with Crippen molar-refractivity contribution in [3.63, 3.8) is 0 Å². The normalized spacial score (nSPS) is 12.1. The molecule has 0 bridgehead atoms. The predicted molar refractivity (Wildman–Crippen MR) is 62.7 cm³/mol. The van der Waals surface area contributed by atoms with Gasteiger partial charge < -0.3 is 10.8 Å². The van der Waals surface area contributed by atoms with Crippen LogP contribution in [-0.4, -0.2) is 11.7 Å². The minimum atomic E-state index is -0.552. The topological polar surface area (TPSA) is 46.2 Å². The van der Waals surface area contributed by atoms with E-state index in [1.165, 1.54) is 6.07 Å². The summed E-state index contributed by atoms with van der Waals surface area (Å²) in [6, 6.07) is 2.57. The summed E-state index contributed by atoms with van der Waals surface area (Å²) in [7, 11) is 0. The van der Waals surface area contributed by atoms with Crippen LogP contribution in [0.25, 0.3) is 0 Å². The first-order valence-corrected chi connectivity index (χ1v) is 4.70. The summed E-state index contributed by atoms with van der Waals surface area (Å²) in [6.07, 6.45) is 0. The van der Waals surface area contributed by atoms with Gasteiger partial charge in [0.25, 0.3) is 0 Å². The minimum absolute atomic E-state index is 0. The molecule has 1 aromatic rings. The molecule has 1 atom stereocenters. The Hall–Kier alpha value is 0.300. The summed E-state index contributed by atoms with van der Waals surface area (Å²) in [5.41, 5.74) is 6.14. The summed E-state index contributed by atoms with van der Waals surface area (Å²) in [6.45, 7) is -0.198.